The van der Waals surface area contributed by atoms with Crippen LogP contribution in [0.2, 0.25) is 0 Å². The van der Waals surface area contributed by atoms with Crippen molar-refractivity contribution in [3.8, 4) is 16.8 Å². The highest BCUT2D eigenvalue weighted by molar-refractivity contribution is 6.12. The molecule has 2 aliphatic rings. The third-order valence-corrected chi connectivity index (χ3v) is 10.6. The second-order valence-corrected chi connectivity index (χ2v) is 13.8. The molecule has 0 amide bonds. The Kier molecular flexibility index (Phi) is 5.21. The van der Waals surface area contributed by atoms with Crippen LogP contribution in [-0.2, 0) is 0 Å². The van der Waals surface area contributed by atoms with Gasteiger partial charge in [0.05, 0.1) is 33.2 Å². The molecule has 0 aliphatic carbocycles. The van der Waals surface area contributed by atoms with Crippen molar-refractivity contribution in [2.24, 2.45) is 4.99 Å². The summed E-state index contributed by atoms with van der Waals surface area (Å²) in [6.45, 7) is 18.7. The van der Waals surface area contributed by atoms with Gasteiger partial charge in [0.2, 0.25) is 5.96 Å². The molecule has 0 saturated carbocycles. The van der Waals surface area contributed by atoms with Crippen molar-refractivity contribution in [3.05, 3.63) is 97.1 Å². The molecule has 4 heteroatoms. The standard InChI is InChI=1S/C37H40N4/c1-34(2)35(3,4)41-33(38-34)40(36(5,6)37(41,7)8)28-21-22-32-30(24-28)29-19-12-13-20-31(29)39(32)27-18-14-17-26(23-27)25-15-10-9-11-16-25/h9-24H,1-8H3. The molecule has 5 aromatic rings. The molecule has 4 aromatic carbocycles. The number of hydrogen-bond donors (Lipinski definition) is 0. The third-order valence-electron chi connectivity index (χ3n) is 10.6. The molecular formula is C37H40N4. The van der Waals surface area contributed by atoms with Crippen LogP contribution in [0.5, 0.6) is 0 Å². The van der Waals surface area contributed by atoms with Crippen LogP contribution in [0.3, 0.4) is 0 Å². The van der Waals surface area contributed by atoms with Crippen molar-refractivity contribution in [1.29, 1.82) is 0 Å². The van der Waals surface area contributed by atoms with Crippen molar-refractivity contribution < 1.29 is 0 Å². The van der Waals surface area contributed by atoms with E-state index >= 15 is 0 Å². The summed E-state index contributed by atoms with van der Waals surface area (Å²) in [6.07, 6.45) is 0. The van der Waals surface area contributed by atoms with E-state index in [1.54, 1.807) is 0 Å². The predicted molar refractivity (Wildman–Crippen MR) is 174 cm³/mol. The van der Waals surface area contributed by atoms with E-state index in [2.05, 4.69) is 167 Å². The summed E-state index contributed by atoms with van der Waals surface area (Å²) < 4.78 is 2.41. The molecule has 0 bridgehead atoms. The Bertz CT molecular complexity index is 1850. The van der Waals surface area contributed by atoms with Gasteiger partial charge in [-0.25, -0.2) is 4.99 Å². The highest BCUT2D eigenvalue weighted by atomic mass is 15.6. The molecule has 3 heterocycles. The van der Waals surface area contributed by atoms with Gasteiger partial charge in [0, 0.05) is 22.1 Å². The van der Waals surface area contributed by atoms with E-state index in [9.17, 15) is 0 Å². The summed E-state index contributed by atoms with van der Waals surface area (Å²) in [7, 11) is 0. The molecule has 0 radical (unpaired) electrons. The minimum atomic E-state index is -0.196. The number of aromatic nitrogens is 1. The van der Waals surface area contributed by atoms with Crippen LogP contribution in [0.25, 0.3) is 38.6 Å². The summed E-state index contributed by atoms with van der Waals surface area (Å²) in [6, 6.07) is 35.3. The number of guanidine groups is 1. The fraction of sp³-hybridized carbons (Fsp3) is 0.324. The molecule has 41 heavy (non-hydrogen) atoms. The number of hydrogen-bond acceptors (Lipinski definition) is 3. The van der Waals surface area contributed by atoms with Crippen LogP contribution in [0.1, 0.15) is 55.4 Å². The minimum absolute atomic E-state index is 0.109. The van der Waals surface area contributed by atoms with Crippen molar-refractivity contribution in [1.82, 2.24) is 9.47 Å². The number of benzene rings is 4. The van der Waals surface area contributed by atoms with Gasteiger partial charge in [0.1, 0.15) is 0 Å². The second kappa shape index (κ2) is 8.25. The van der Waals surface area contributed by atoms with Crippen molar-refractivity contribution in [3.63, 3.8) is 0 Å². The summed E-state index contributed by atoms with van der Waals surface area (Å²) in [5.74, 6) is 1.08. The monoisotopic (exact) mass is 540 g/mol. The SMILES string of the molecule is CC1(C)N=C2N(c3ccc4c(c3)c3ccccc3n4-c3cccc(-c4ccccc4)c3)C(C)(C)C(C)(C)N2C1(C)C. The molecule has 1 aromatic heterocycles. The number of para-hydroxylation sites is 1. The Balaban J connectivity index is 1.43. The van der Waals surface area contributed by atoms with Crippen molar-refractivity contribution >= 4 is 33.5 Å². The van der Waals surface area contributed by atoms with Crippen LogP contribution < -0.4 is 4.90 Å². The number of aliphatic imine (C=N–C) groups is 1. The largest absolute Gasteiger partial charge is 0.327 e. The molecule has 2 aliphatic heterocycles. The number of fused-ring (bicyclic) bond motifs is 4. The Morgan fingerprint density at radius 3 is 1.93 bits per heavy atom. The molecule has 0 N–H and O–H groups in total. The predicted octanol–water partition coefficient (Wildman–Crippen LogP) is 9.06. The molecule has 1 fully saturated rings. The van der Waals surface area contributed by atoms with Crippen LogP contribution in [0.4, 0.5) is 5.69 Å². The highest BCUT2D eigenvalue weighted by Gasteiger charge is 2.65. The second-order valence-electron chi connectivity index (χ2n) is 13.8. The lowest BCUT2D eigenvalue weighted by Crippen LogP contribution is -2.62. The number of anilines is 1. The van der Waals surface area contributed by atoms with Gasteiger partial charge in [-0.1, -0.05) is 60.7 Å². The van der Waals surface area contributed by atoms with E-state index in [0.29, 0.717) is 0 Å². The first kappa shape index (κ1) is 25.9. The first-order chi connectivity index (χ1) is 19.4. The topological polar surface area (TPSA) is 23.8 Å². The van der Waals surface area contributed by atoms with E-state index in [-0.39, 0.29) is 22.2 Å². The van der Waals surface area contributed by atoms with Gasteiger partial charge in [0.25, 0.3) is 0 Å². The van der Waals surface area contributed by atoms with Gasteiger partial charge >= 0.3 is 0 Å². The van der Waals surface area contributed by atoms with Crippen LogP contribution in [0.15, 0.2) is 102 Å². The third kappa shape index (κ3) is 3.37. The van der Waals surface area contributed by atoms with Crippen LogP contribution in [-0.4, -0.2) is 37.6 Å². The van der Waals surface area contributed by atoms with Crippen LogP contribution >= 0.6 is 0 Å². The average Bonchev–Trinajstić information content (AvgIpc) is 3.42. The highest BCUT2D eigenvalue weighted by Crippen LogP contribution is 2.54. The van der Waals surface area contributed by atoms with Crippen molar-refractivity contribution in [2.45, 2.75) is 77.5 Å². The van der Waals surface area contributed by atoms with E-state index in [1.165, 1.54) is 44.3 Å². The van der Waals surface area contributed by atoms with Gasteiger partial charge < -0.3 is 14.4 Å². The number of rotatable bonds is 3. The molecule has 7 rings (SSSR count). The van der Waals surface area contributed by atoms with Gasteiger partial charge in [-0.05, 0) is 103 Å². The van der Waals surface area contributed by atoms with E-state index < -0.39 is 0 Å². The Morgan fingerprint density at radius 1 is 0.512 bits per heavy atom. The fourth-order valence-electron chi connectivity index (χ4n) is 7.13. The van der Waals surface area contributed by atoms with Gasteiger partial charge in [-0.2, -0.15) is 0 Å². The minimum Gasteiger partial charge on any atom is -0.327 e. The summed E-state index contributed by atoms with van der Waals surface area (Å²) in [5.41, 5.74) is 6.63. The summed E-state index contributed by atoms with van der Waals surface area (Å²) >= 11 is 0. The molecule has 1 saturated heterocycles. The maximum Gasteiger partial charge on any atom is 0.203 e. The molecule has 4 nitrogen and oxygen atoms in total. The lowest BCUT2D eigenvalue weighted by atomic mass is 9.76. The lowest BCUT2D eigenvalue weighted by molar-refractivity contribution is 0.0529. The van der Waals surface area contributed by atoms with Gasteiger partial charge in [-0.3, -0.25) is 0 Å². The average molecular weight is 541 g/mol. The molecule has 0 unspecified atom stereocenters. The lowest BCUT2D eigenvalue weighted by Gasteiger charge is -2.50. The van der Waals surface area contributed by atoms with E-state index in [1.807, 2.05) is 0 Å². The Hall–Kier alpha value is -4.05. The van der Waals surface area contributed by atoms with Crippen LogP contribution in [0, 0.1) is 0 Å². The molecule has 0 atom stereocenters. The van der Waals surface area contributed by atoms with Gasteiger partial charge in [-0.15, -0.1) is 0 Å². The fourth-order valence-corrected chi connectivity index (χ4v) is 7.13. The number of nitrogens with zero attached hydrogens (tertiary/aromatic N) is 4. The Labute approximate surface area is 243 Å². The van der Waals surface area contributed by atoms with E-state index in [4.69, 9.17) is 4.99 Å². The zero-order valence-corrected chi connectivity index (χ0v) is 25.5. The summed E-state index contributed by atoms with van der Waals surface area (Å²) in [5, 5.41) is 2.52. The van der Waals surface area contributed by atoms with E-state index in [0.717, 1.165) is 5.96 Å². The smallest absolute Gasteiger partial charge is 0.203 e. The normalized spacial score (nSPS) is 20.0. The zero-order valence-electron chi connectivity index (χ0n) is 25.5. The maximum atomic E-state index is 5.38. The first-order valence-electron chi connectivity index (χ1n) is 14.8. The molecular weight excluding hydrogens is 500 g/mol. The summed E-state index contributed by atoms with van der Waals surface area (Å²) in [4.78, 5) is 10.4. The van der Waals surface area contributed by atoms with Gasteiger partial charge in [0.15, 0.2) is 0 Å². The molecule has 0 spiro atoms. The molecule has 208 valence electrons. The Morgan fingerprint density at radius 2 is 1.17 bits per heavy atom. The zero-order chi connectivity index (χ0) is 28.9. The maximum absolute atomic E-state index is 5.38. The quantitative estimate of drug-likeness (QED) is 0.228. The first-order valence-corrected chi connectivity index (χ1v) is 14.8. The van der Waals surface area contributed by atoms with Crippen molar-refractivity contribution in [2.75, 3.05) is 4.90 Å².